The summed E-state index contributed by atoms with van der Waals surface area (Å²) in [5.41, 5.74) is 3.90. The van der Waals surface area contributed by atoms with Gasteiger partial charge in [0.1, 0.15) is 17.5 Å². The lowest BCUT2D eigenvalue weighted by molar-refractivity contribution is 0.628. The Morgan fingerprint density at radius 2 is 1.84 bits per heavy atom. The molecule has 10 heteroatoms. The van der Waals surface area contributed by atoms with Crippen LogP contribution in [0.3, 0.4) is 0 Å². The van der Waals surface area contributed by atoms with Crippen LogP contribution in [0.4, 0.5) is 22.0 Å². The fourth-order valence-electron chi connectivity index (χ4n) is 4.56. The number of aromatic nitrogens is 3. The zero-order chi connectivity index (χ0) is 26.1. The normalized spacial score (nSPS) is 15.9. The van der Waals surface area contributed by atoms with E-state index in [1.165, 1.54) is 6.07 Å². The topological polar surface area (TPSA) is 52.8 Å². The van der Waals surface area contributed by atoms with Gasteiger partial charge in [-0.1, -0.05) is 36.4 Å². The number of nitrogens with zero attached hydrogens (tertiary/aromatic N) is 7. The summed E-state index contributed by atoms with van der Waals surface area (Å²) in [7, 11) is 0. The van der Waals surface area contributed by atoms with Crippen LogP contribution in [-0.4, -0.2) is 41.1 Å². The van der Waals surface area contributed by atoms with Crippen LogP contribution >= 0.6 is 23.2 Å². The summed E-state index contributed by atoms with van der Waals surface area (Å²) < 4.78 is 13.8. The van der Waals surface area contributed by atoms with E-state index >= 15 is 0 Å². The molecule has 2 aliphatic rings. The molecule has 37 heavy (non-hydrogen) atoms. The standard InChI is InChI=1S/C27H24Cl2FN7/c1-17-5-4-8-37(17)27-33-24(20-6-7-23(30)21(28)12-20)13-25(34-27)36-10-9-35(16-18(36)2)26-22(29)11-19(14-31-3)15-32-26/h6-7,11-13,15H,1-2,4-5,8-10,14,16H2. The molecule has 2 saturated heterocycles. The number of hydrogen-bond donors (Lipinski definition) is 0. The summed E-state index contributed by atoms with van der Waals surface area (Å²) in [5, 5.41) is 0.546. The molecule has 188 valence electrons. The summed E-state index contributed by atoms with van der Waals surface area (Å²) >= 11 is 12.6. The third-order valence-corrected chi connectivity index (χ3v) is 7.02. The van der Waals surface area contributed by atoms with Gasteiger partial charge in [-0.05, 0) is 37.1 Å². The maximum atomic E-state index is 13.8. The van der Waals surface area contributed by atoms with Crippen molar-refractivity contribution in [1.82, 2.24) is 15.0 Å². The molecule has 2 aromatic heterocycles. The number of piperazine rings is 1. The van der Waals surface area contributed by atoms with Crippen molar-refractivity contribution in [2.24, 2.45) is 0 Å². The monoisotopic (exact) mass is 535 g/mol. The Balaban J connectivity index is 1.46. The molecule has 4 heterocycles. The van der Waals surface area contributed by atoms with Crippen molar-refractivity contribution in [3.63, 3.8) is 0 Å². The zero-order valence-electron chi connectivity index (χ0n) is 20.1. The fraction of sp³-hybridized carbons (Fsp3) is 0.259. The summed E-state index contributed by atoms with van der Waals surface area (Å²) in [5.74, 6) is 1.42. The minimum Gasteiger partial charge on any atom is -0.348 e. The first-order chi connectivity index (χ1) is 17.8. The summed E-state index contributed by atoms with van der Waals surface area (Å²) in [6.07, 6.45) is 3.56. The second-order valence-electron chi connectivity index (χ2n) is 8.97. The Labute approximate surface area is 225 Å². The third-order valence-electron chi connectivity index (χ3n) is 6.45. The summed E-state index contributed by atoms with van der Waals surface area (Å²) in [6, 6.07) is 8.23. The highest BCUT2D eigenvalue weighted by Crippen LogP contribution is 2.34. The van der Waals surface area contributed by atoms with Crippen molar-refractivity contribution in [1.29, 1.82) is 0 Å². The van der Waals surface area contributed by atoms with E-state index in [2.05, 4.69) is 32.8 Å². The van der Waals surface area contributed by atoms with Gasteiger partial charge in [-0.25, -0.2) is 20.9 Å². The van der Waals surface area contributed by atoms with Gasteiger partial charge in [0.15, 0.2) is 0 Å². The maximum Gasteiger partial charge on any atom is 0.241 e. The molecular formula is C27H24Cl2FN7. The molecule has 1 aromatic carbocycles. The van der Waals surface area contributed by atoms with Crippen LogP contribution in [0.25, 0.3) is 16.1 Å². The molecule has 0 atom stereocenters. The average molecular weight is 536 g/mol. The second kappa shape index (κ2) is 10.4. The number of anilines is 3. The first-order valence-electron chi connectivity index (χ1n) is 11.8. The number of benzene rings is 1. The molecule has 7 nitrogen and oxygen atoms in total. The van der Waals surface area contributed by atoms with Crippen molar-refractivity contribution in [2.75, 3.05) is 40.9 Å². The highest BCUT2D eigenvalue weighted by molar-refractivity contribution is 6.33. The predicted molar refractivity (Wildman–Crippen MR) is 146 cm³/mol. The van der Waals surface area contributed by atoms with E-state index in [-0.39, 0.29) is 11.6 Å². The lowest BCUT2D eigenvalue weighted by atomic mass is 10.1. The van der Waals surface area contributed by atoms with Crippen LogP contribution in [-0.2, 0) is 6.54 Å². The first kappa shape index (κ1) is 25.0. The van der Waals surface area contributed by atoms with E-state index < -0.39 is 5.82 Å². The van der Waals surface area contributed by atoms with Gasteiger partial charge in [0.2, 0.25) is 12.5 Å². The van der Waals surface area contributed by atoms with E-state index in [0.717, 1.165) is 36.3 Å². The van der Waals surface area contributed by atoms with Crippen LogP contribution in [0.5, 0.6) is 0 Å². The van der Waals surface area contributed by atoms with E-state index in [1.807, 2.05) is 11.0 Å². The predicted octanol–water partition coefficient (Wildman–Crippen LogP) is 6.36. The number of allylic oxidation sites excluding steroid dienone is 1. The Bertz CT molecular complexity index is 1430. The quantitative estimate of drug-likeness (QED) is 0.354. The zero-order valence-corrected chi connectivity index (χ0v) is 21.6. The van der Waals surface area contributed by atoms with Crippen LogP contribution < -0.4 is 14.7 Å². The second-order valence-corrected chi connectivity index (χ2v) is 9.78. The SMILES string of the molecule is [C-]#[N+]Cc1cnc(N2CCN(c3cc(-c4ccc(F)c(Cl)c4)nc(N4CCCC4=C)n3)C(=C)C2)c(Cl)c1. The lowest BCUT2D eigenvalue weighted by Crippen LogP contribution is -2.45. The number of rotatable bonds is 5. The largest absolute Gasteiger partial charge is 0.348 e. The van der Waals surface area contributed by atoms with Crippen molar-refractivity contribution in [2.45, 2.75) is 19.4 Å². The smallest absolute Gasteiger partial charge is 0.241 e. The highest BCUT2D eigenvalue weighted by Gasteiger charge is 2.27. The van der Waals surface area contributed by atoms with E-state index in [9.17, 15) is 4.39 Å². The molecule has 5 rings (SSSR count). The number of hydrogen-bond acceptors (Lipinski definition) is 6. The van der Waals surface area contributed by atoms with Gasteiger partial charge in [0.05, 0.1) is 27.8 Å². The van der Waals surface area contributed by atoms with Gasteiger partial charge in [0.25, 0.3) is 0 Å². The molecule has 0 spiro atoms. The highest BCUT2D eigenvalue weighted by atomic mass is 35.5. The van der Waals surface area contributed by atoms with Crippen molar-refractivity contribution >= 4 is 40.8 Å². The van der Waals surface area contributed by atoms with Gasteiger partial charge >= 0.3 is 0 Å². The maximum absolute atomic E-state index is 13.8. The van der Waals surface area contributed by atoms with Gasteiger partial charge < -0.3 is 19.5 Å². The van der Waals surface area contributed by atoms with Crippen LogP contribution in [0.1, 0.15) is 18.4 Å². The van der Waals surface area contributed by atoms with Crippen LogP contribution in [0, 0.1) is 12.4 Å². The molecule has 0 bridgehead atoms. The third kappa shape index (κ3) is 5.10. The van der Waals surface area contributed by atoms with Crippen LogP contribution in [0.15, 0.2) is 61.1 Å². The minimum atomic E-state index is -0.480. The van der Waals surface area contributed by atoms with Crippen molar-refractivity contribution in [3.05, 3.63) is 93.9 Å². The molecule has 2 aliphatic heterocycles. The molecule has 0 N–H and O–H groups in total. The Morgan fingerprint density at radius 1 is 1.00 bits per heavy atom. The molecule has 0 unspecified atom stereocenters. The van der Waals surface area contributed by atoms with E-state index in [0.29, 0.717) is 53.5 Å². The minimum absolute atomic E-state index is 0.0367. The number of halogens is 3. The van der Waals surface area contributed by atoms with Gasteiger partial charge in [-0.3, -0.25) is 0 Å². The van der Waals surface area contributed by atoms with E-state index in [4.69, 9.17) is 39.7 Å². The molecule has 0 saturated carbocycles. The Kier molecular flexibility index (Phi) is 7.00. The number of pyridine rings is 1. The summed E-state index contributed by atoms with van der Waals surface area (Å²) in [6.45, 7) is 18.3. The molecule has 2 fully saturated rings. The molecular weight excluding hydrogens is 512 g/mol. The van der Waals surface area contributed by atoms with Gasteiger partial charge in [-0.15, -0.1) is 0 Å². The fourth-order valence-corrected chi connectivity index (χ4v) is 5.05. The van der Waals surface area contributed by atoms with Crippen molar-refractivity contribution in [3.8, 4) is 11.3 Å². The van der Waals surface area contributed by atoms with E-state index in [1.54, 1.807) is 24.4 Å². The molecule has 3 aromatic rings. The van der Waals surface area contributed by atoms with Gasteiger partial charge in [0, 0.05) is 48.9 Å². The first-order valence-corrected chi connectivity index (χ1v) is 12.6. The average Bonchev–Trinajstić information content (AvgIpc) is 3.31. The van der Waals surface area contributed by atoms with Crippen LogP contribution in [0.2, 0.25) is 10.0 Å². The molecule has 0 aliphatic carbocycles. The Hall–Kier alpha value is -3.67. The van der Waals surface area contributed by atoms with Gasteiger partial charge in [-0.2, -0.15) is 4.98 Å². The van der Waals surface area contributed by atoms with Crippen molar-refractivity contribution < 1.29 is 4.39 Å². The summed E-state index contributed by atoms with van der Waals surface area (Å²) in [4.78, 5) is 23.7. The molecule has 0 radical (unpaired) electrons. The lowest BCUT2D eigenvalue weighted by Gasteiger charge is -2.38. The molecule has 0 amide bonds. The Morgan fingerprint density at radius 3 is 2.51 bits per heavy atom.